The average molecular weight is 260 g/mol. The number of hydrogen-bond acceptors (Lipinski definition) is 5. The summed E-state index contributed by atoms with van der Waals surface area (Å²) in [5.41, 5.74) is 0. The summed E-state index contributed by atoms with van der Waals surface area (Å²) in [6, 6.07) is -1.61. The smallest absolute Gasteiger partial charge is 0.326 e. The highest BCUT2D eigenvalue weighted by Gasteiger charge is 2.35. The Balaban J connectivity index is 2.60. The van der Waals surface area contributed by atoms with Crippen LogP contribution >= 0.6 is 0 Å². The highest BCUT2D eigenvalue weighted by Crippen LogP contribution is 2.14. The van der Waals surface area contributed by atoms with Crippen LogP contribution in [0.25, 0.3) is 0 Å². The standard InChI is InChI=1S/C10H16N2O6/c1-11-7-4-18-3-5(7)9(15)12-6(10(16)17)2-8(13)14/h5-7,11H,2-4H2,1H3,(H,12,15)(H,13,14)(H,16,17). The molecule has 0 aromatic carbocycles. The van der Waals surface area contributed by atoms with Gasteiger partial charge in [0.1, 0.15) is 6.04 Å². The van der Waals surface area contributed by atoms with E-state index in [1.165, 1.54) is 0 Å². The lowest BCUT2D eigenvalue weighted by Crippen LogP contribution is -2.49. The Morgan fingerprint density at radius 3 is 2.50 bits per heavy atom. The van der Waals surface area contributed by atoms with Crippen LogP contribution < -0.4 is 10.6 Å². The normalized spacial score (nSPS) is 24.5. The Morgan fingerprint density at radius 1 is 1.33 bits per heavy atom. The second-order valence-electron chi connectivity index (χ2n) is 4.04. The Hall–Kier alpha value is -1.67. The van der Waals surface area contributed by atoms with Gasteiger partial charge in [-0.25, -0.2) is 4.79 Å². The zero-order valence-electron chi connectivity index (χ0n) is 9.88. The summed E-state index contributed by atoms with van der Waals surface area (Å²) in [5.74, 6) is -3.67. The maximum Gasteiger partial charge on any atom is 0.326 e. The molecule has 0 saturated carbocycles. The molecule has 1 heterocycles. The van der Waals surface area contributed by atoms with Gasteiger partial charge < -0.3 is 25.6 Å². The molecule has 8 heteroatoms. The summed E-state index contributed by atoms with van der Waals surface area (Å²) in [7, 11) is 1.67. The molecule has 102 valence electrons. The van der Waals surface area contributed by atoms with Crippen molar-refractivity contribution >= 4 is 17.8 Å². The van der Waals surface area contributed by atoms with Crippen molar-refractivity contribution in [2.24, 2.45) is 5.92 Å². The number of hydrogen-bond donors (Lipinski definition) is 4. The molecule has 1 amide bonds. The largest absolute Gasteiger partial charge is 0.481 e. The molecule has 0 aromatic heterocycles. The highest BCUT2D eigenvalue weighted by molar-refractivity contribution is 5.88. The number of carboxylic acids is 2. The molecule has 0 spiro atoms. The van der Waals surface area contributed by atoms with Crippen molar-refractivity contribution in [3.63, 3.8) is 0 Å². The molecule has 1 rings (SSSR count). The minimum absolute atomic E-state index is 0.190. The number of carboxylic acid groups (broad SMARTS) is 2. The zero-order chi connectivity index (χ0) is 13.7. The SMILES string of the molecule is CNC1COCC1C(=O)NC(CC(=O)O)C(=O)O. The third-order valence-electron chi connectivity index (χ3n) is 2.78. The van der Waals surface area contributed by atoms with Gasteiger partial charge in [0.05, 0.1) is 25.6 Å². The van der Waals surface area contributed by atoms with E-state index in [2.05, 4.69) is 10.6 Å². The summed E-state index contributed by atoms with van der Waals surface area (Å²) in [4.78, 5) is 33.1. The van der Waals surface area contributed by atoms with E-state index >= 15 is 0 Å². The Morgan fingerprint density at radius 2 is 2.00 bits per heavy atom. The molecule has 18 heavy (non-hydrogen) atoms. The lowest BCUT2D eigenvalue weighted by atomic mass is 10.0. The molecular formula is C10H16N2O6. The predicted molar refractivity (Wildman–Crippen MR) is 59.0 cm³/mol. The van der Waals surface area contributed by atoms with E-state index in [-0.39, 0.29) is 12.6 Å². The molecule has 3 atom stereocenters. The quantitative estimate of drug-likeness (QED) is 0.447. The Labute approximate surface area is 103 Å². The zero-order valence-corrected chi connectivity index (χ0v) is 9.88. The van der Waals surface area contributed by atoms with E-state index in [4.69, 9.17) is 14.9 Å². The van der Waals surface area contributed by atoms with Gasteiger partial charge >= 0.3 is 11.9 Å². The summed E-state index contributed by atoms with van der Waals surface area (Å²) in [6.07, 6.45) is -0.654. The third kappa shape index (κ3) is 3.67. The molecule has 0 radical (unpaired) electrons. The van der Waals surface area contributed by atoms with Crippen LogP contribution in [0.4, 0.5) is 0 Å². The Kier molecular flexibility index (Phi) is 5.05. The van der Waals surface area contributed by atoms with Crippen molar-refractivity contribution in [1.82, 2.24) is 10.6 Å². The van der Waals surface area contributed by atoms with Crippen LogP contribution in [-0.4, -0.2) is 60.4 Å². The molecule has 1 aliphatic rings. The molecule has 1 saturated heterocycles. The molecule has 0 aliphatic carbocycles. The van der Waals surface area contributed by atoms with Crippen molar-refractivity contribution in [1.29, 1.82) is 0 Å². The lowest BCUT2D eigenvalue weighted by Gasteiger charge is -2.19. The van der Waals surface area contributed by atoms with Gasteiger partial charge in [0, 0.05) is 6.04 Å². The maximum atomic E-state index is 11.8. The van der Waals surface area contributed by atoms with Gasteiger partial charge in [-0.15, -0.1) is 0 Å². The van der Waals surface area contributed by atoms with E-state index in [0.29, 0.717) is 6.61 Å². The molecular weight excluding hydrogens is 244 g/mol. The minimum Gasteiger partial charge on any atom is -0.481 e. The number of ether oxygens (including phenoxy) is 1. The van der Waals surface area contributed by atoms with Crippen molar-refractivity contribution in [2.75, 3.05) is 20.3 Å². The van der Waals surface area contributed by atoms with Crippen molar-refractivity contribution < 1.29 is 29.3 Å². The van der Waals surface area contributed by atoms with Crippen LogP contribution in [0.5, 0.6) is 0 Å². The number of nitrogens with one attached hydrogen (secondary N) is 2. The minimum atomic E-state index is -1.42. The first kappa shape index (κ1) is 14.4. The van der Waals surface area contributed by atoms with Gasteiger partial charge in [-0.3, -0.25) is 9.59 Å². The number of likely N-dealkylation sites (N-methyl/N-ethyl adjacent to an activating group) is 1. The van der Waals surface area contributed by atoms with E-state index in [0.717, 1.165) is 0 Å². The average Bonchev–Trinajstić information content (AvgIpc) is 2.75. The first-order chi connectivity index (χ1) is 8.45. The summed E-state index contributed by atoms with van der Waals surface area (Å²) in [5, 5.41) is 22.5. The van der Waals surface area contributed by atoms with Gasteiger partial charge in [-0.1, -0.05) is 0 Å². The number of amides is 1. The molecule has 8 nitrogen and oxygen atoms in total. The molecule has 0 aromatic rings. The fourth-order valence-electron chi connectivity index (χ4n) is 1.75. The fraction of sp³-hybridized carbons (Fsp3) is 0.700. The van der Waals surface area contributed by atoms with Crippen molar-refractivity contribution in [3.05, 3.63) is 0 Å². The second kappa shape index (κ2) is 6.31. The number of carbonyl (C=O) groups is 3. The van der Waals surface area contributed by atoms with Crippen molar-refractivity contribution in [2.45, 2.75) is 18.5 Å². The molecule has 3 unspecified atom stereocenters. The Bertz CT molecular complexity index is 345. The van der Waals surface area contributed by atoms with Gasteiger partial charge in [0.2, 0.25) is 5.91 Å². The van der Waals surface area contributed by atoms with Crippen molar-refractivity contribution in [3.8, 4) is 0 Å². The van der Waals surface area contributed by atoms with Crippen LogP contribution in [0, 0.1) is 5.92 Å². The summed E-state index contributed by atoms with van der Waals surface area (Å²) < 4.78 is 5.12. The van der Waals surface area contributed by atoms with E-state index in [1.54, 1.807) is 7.05 Å². The van der Waals surface area contributed by atoms with Crippen LogP contribution in [0.15, 0.2) is 0 Å². The van der Waals surface area contributed by atoms with Crippen LogP contribution in [0.3, 0.4) is 0 Å². The lowest BCUT2D eigenvalue weighted by molar-refractivity contribution is -0.147. The maximum absolute atomic E-state index is 11.8. The van der Waals surface area contributed by atoms with E-state index < -0.39 is 36.2 Å². The summed E-state index contributed by atoms with van der Waals surface area (Å²) in [6.45, 7) is 0.558. The molecule has 1 aliphatic heterocycles. The molecule has 4 N–H and O–H groups in total. The molecule has 1 fully saturated rings. The second-order valence-corrected chi connectivity index (χ2v) is 4.04. The topological polar surface area (TPSA) is 125 Å². The van der Waals surface area contributed by atoms with Crippen LogP contribution in [0.1, 0.15) is 6.42 Å². The summed E-state index contributed by atoms with van der Waals surface area (Å²) >= 11 is 0. The number of carbonyl (C=O) groups excluding carboxylic acids is 1. The van der Waals surface area contributed by atoms with Crippen LogP contribution in [-0.2, 0) is 19.1 Å². The van der Waals surface area contributed by atoms with Crippen LogP contribution in [0.2, 0.25) is 0 Å². The van der Waals surface area contributed by atoms with E-state index in [9.17, 15) is 14.4 Å². The monoisotopic (exact) mass is 260 g/mol. The van der Waals surface area contributed by atoms with Gasteiger partial charge in [0.15, 0.2) is 0 Å². The predicted octanol–water partition coefficient (Wildman–Crippen LogP) is -1.74. The number of aliphatic carboxylic acids is 2. The third-order valence-corrected chi connectivity index (χ3v) is 2.78. The fourth-order valence-corrected chi connectivity index (χ4v) is 1.75. The first-order valence-corrected chi connectivity index (χ1v) is 5.45. The van der Waals surface area contributed by atoms with Gasteiger partial charge in [-0.05, 0) is 7.05 Å². The van der Waals surface area contributed by atoms with E-state index in [1.807, 2.05) is 0 Å². The number of rotatable bonds is 6. The highest BCUT2D eigenvalue weighted by atomic mass is 16.5. The van der Waals surface area contributed by atoms with Gasteiger partial charge in [0.25, 0.3) is 0 Å². The van der Waals surface area contributed by atoms with Gasteiger partial charge in [-0.2, -0.15) is 0 Å². The molecule has 0 bridgehead atoms. The first-order valence-electron chi connectivity index (χ1n) is 5.45.